The Labute approximate surface area is 151 Å². The highest BCUT2D eigenvalue weighted by atomic mass is 16.5. The number of esters is 1. The summed E-state index contributed by atoms with van der Waals surface area (Å²) in [5, 5.41) is 0. The van der Waals surface area contributed by atoms with Gasteiger partial charge in [0.15, 0.2) is 0 Å². The second-order valence-corrected chi connectivity index (χ2v) is 9.70. The monoisotopic (exact) mass is 347 g/mol. The number of carbonyl (C=O) groups is 2. The number of piperidine rings is 1. The van der Waals surface area contributed by atoms with Gasteiger partial charge in [-0.05, 0) is 68.1 Å². The van der Waals surface area contributed by atoms with E-state index in [1.165, 1.54) is 19.3 Å². The van der Waals surface area contributed by atoms with Crippen molar-refractivity contribution in [2.75, 3.05) is 7.05 Å². The van der Waals surface area contributed by atoms with Crippen LogP contribution in [0.1, 0.15) is 72.1 Å². The first-order valence-electron chi connectivity index (χ1n) is 10.2. The lowest BCUT2D eigenvalue weighted by Crippen LogP contribution is -2.61. The smallest absolute Gasteiger partial charge is 0.302 e. The molecule has 0 radical (unpaired) electrons. The molecule has 25 heavy (non-hydrogen) atoms. The molecule has 1 aliphatic heterocycles. The maximum Gasteiger partial charge on any atom is 0.302 e. The molecule has 4 aliphatic rings. The summed E-state index contributed by atoms with van der Waals surface area (Å²) in [5.74, 6) is 2.34. The molecule has 4 rings (SSSR count). The van der Waals surface area contributed by atoms with Crippen molar-refractivity contribution in [1.29, 1.82) is 0 Å². The molecule has 0 N–H and O–H groups in total. The molecule has 0 aromatic heterocycles. The minimum atomic E-state index is -0.128. The normalized spacial score (nSPS) is 49.2. The highest BCUT2D eigenvalue weighted by Gasteiger charge is 2.61. The van der Waals surface area contributed by atoms with Crippen LogP contribution in [0.5, 0.6) is 0 Å². The largest absolute Gasteiger partial charge is 0.462 e. The third-order valence-electron chi connectivity index (χ3n) is 8.78. The average molecular weight is 347 g/mol. The molecule has 0 aromatic carbocycles. The zero-order valence-corrected chi connectivity index (χ0v) is 16.2. The highest BCUT2D eigenvalue weighted by Crippen LogP contribution is 2.65. The van der Waals surface area contributed by atoms with Crippen LogP contribution in [0, 0.1) is 28.6 Å². The van der Waals surface area contributed by atoms with Crippen LogP contribution >= 0.6 is 0 Å². The number of likely N-dealkylation sites (tertiary alicyclic amines) is 1. The number of nitrogens with zero attached hydrogens (tertiary/aromatic N) is 1. The highest BCUT2D eigenvalue weighted by molar-refractivity contribution is 5.77. The van der Waals surface area contributed by atoms with Crippen LogP contribution in [0.4, 0.5) is 0 Å². The third-order valence-corrected chi connectivity index (χ3v) is 8.78. The molecule has 0 bridgehead atoms. The second-order valence-electron chi connectivity index (χ2n) is 9.70. The molecular formula is C21H33NO3. The van der Waals surface area contributed by atoms with Gasteiger partial charge in [0.2, 0.25) is 5.91 Å². The van der Waals surface area contributed by atoms with Crippen molar-refractivity contribution in [2.24, 2.45) is 28.6 Å². The van der Waals surface area contributed by atoms with Crippen molar-refractivity contribution in [1.82, 2.24) is 4.90 Å². The molecule has 4 nitrogen and oxygen atoms in total. The van der Waals surface area contributed by atoms with E-state index in [9.17, 15) is 9.59 Å². The molecule has 7 atom stereocenters. The lowest BCUT2D eigenvalue weighted by Gasteiger charge is -2.61. The Balaban J connectivity index is 1.60. The Bertz CT molecular complexity index is 590. The van der Waals surface area contributed by atoms with Crippen LogP contribution in [-0.2, 0) is 14.3 Å². The standard InChI is InChI=1S/C21H33NO3/c1-13(23)25-18-8-6-15-14-5-7-17-20(2,12-10-19(24)22(17)4)16(14)9-11-21(15,18)3/h14-18H,5-12H2,1-4H3/t14-,15-,16-,17+,18-,20+,21-/m0/s1. The molecular weight excluding hydrogens is 314 g/mol. The van der Waals surface area contributed by atoms with Crippen molar-refractivity contribution >= 4 is 11.9 Å². The molecule has 4 heteroatoms. The van der Waals surface area contributed by atoms with E-state index in [0.717, 1.165) is 37.5 Å². The fourth-order valence-electron chi connectivity index (χ4n) is 7.50. The summed E-state index contributed by atoms with van der Waals surface area (Å²) in [5.41, 5.74) is 0.429. The first-order valence-corrected chi connectivity index (χ1v) is 10.2. The van der Waals surface area contributed by atoms with Crippen LogP contribution < -0.4 is 0 Å². The molecule has 140 valence electrons. The lowest BCUT2D eigenvalue weighted by atomic mass is 9.47. The van der Waals surface area contributed by atoms with E-state index in [-0.39, 0.29) is 22.9 Å². The summed E-state index contributed by atoms with van der Waals surface area (Å²) in [6.45, 7) is 6.38. The van der Waals surface area contributed by atoms with E-state index in [4.69, 9.17) is 4.74 Å². The van der Waals surface area contributed by atoms with Crippen molar-refractivity contribution in [3.8, 4) is 0 Å². The molecule has 1 amide bonds. The first-order chi connectivity index (χ1) is 11.8. The van der Waals surface area contributed by atoms with Gasteiger partial charge in [-0.3, -0.25) is 9.59 Å². The number of hydrogen-bond acceptors (Lipinski definition) is 3. The van der Waals surface area contributed by atoms with Gasteiger partial charge >= 0.3 is 5.97 Å². The Morgan fingerprint density at radius 3 is 2.48 bits per heavy atom. The van der Waals surface area contributed by atoms with Crippen LogP contribution in [0.3, 0.4) is 0 Å². The molecule has 3 saturated carbocycles. The first kappa shape index (κ1) is 17.4. The molecule has 0 unspecified atom stereocenters. The van der Waals surface area contributed by atoms with Crippen LogP contribution in [0.15, 0.2) is 0 Å². The van der Waals surface area contributed by atoms with Crippen LogP contribution in [-0.4, -0.2) is 36.0 Å². The number of carbonyl (C=O) groups excluding carboxylic acids is 2. The molecule has 1 saturated heterocycles. The van der Waals surface area contributed by atoms with Gasteiger partial charge in [0, 0.05) is 31.8 Å². The zero-order chi connectivity index (χ0) is 18.0. The van der Waals surface area contributed by atoms with Gasteiger partial charge in [-0.1, -0.05) is 13.8 Å². The van der Waals surface area contributed by atoms with Gasteiger partial charge < -0.3 is 9.64 Å². The summed E-state index contributed by atoms with van der Waals surface area (Å²) >= 11 is 0. The molecule has 0 spiro atoms. The Hall–Kier alpha value is -1.06. The molecule has 1 heterocycles. The number of hydrogen-bond donors (Lipinski definition) is 0. The van der Waals surface area contributed by atoms with Gasteiger partial charge in [0.25, 0.3) is 0 Å². The van der Waals surface area contributed by atoms with Crippen molar-refractivity contribution in [3.05, 3.63) is 0 Å². The maximum absolute atomic E-state index is 12.2. The summed E-state index contributed by atoms with van der Waals surface area (Å²) in [6.07, 6.45) is 8.87. The summed E-state index contributed by atoms with van der Waals surface area (Å²) in [4.78, 5) is 25.8. The summed E-state index contributed by atoms with van der Waals surface area (Å²) in [7, 11) is 2.02. The van der Waals surface area contributed by atoms with E-state index >= 15 is 0 Å². The van der Waals surface area contributed by atoms with Gasteiger partial charge in [-0.15, -0.1) is 0 Å². The predicted octanol–water partition coefficient (Wildman–Crippen LogP) is 3.78. The molecule has 3 aliphatic carbocycles. The minimum absolute atomic E-state index is 0.108. The fraction of sp³-hybridized carbons (Fsp3) is 0.905. The Morgan fingerprint density at radius 1 is 1.04 bits per heavy atom. The summed E-state index contributed by atoms with van der Waals surface area (Å²) < 4.78 is 5.73. The summed E-state index contributed by atoms with van der Waals surface area (Å²) in [6, 6.07) is 0.421. The van der Waals surface area contributed by atoms with Crippen molar-refractivity contribution in [2.45, 2.75) is 84.3 Å². The Kier molecular flexibility index (Phi) is 3.97. The second kappa shape index (κ2) is 5.72. The maximum atomic E-state index is 12.2. The van der Waals surface area contributed by atoms with Gasteiger partial charge in [-0.25, -0.2) is 0 Å². The van der Waals surface area contributed by atoms with Gasteiger partial charge in [0.1, 0.15) is 6.10 Å². The predicted molar refractivity (Wildman–Crippen MR) is 95.7 cm³/mol. The van der Waals surface area contributed by atoms with E-state index in [1.54, 1.807) is 6.92 Å². The SMILES string of the molecule is CC(=O)O[C@H]1CC[C@H]2[C@@H]3CC[C@H]4N(C)C(=O)CC[C@]4(C)[C@H]3CC[C@]12C. The number of rotatable bonds is 1. The topological polar surface area (TPSA) is 46.6 Å². The zero-order valence-electron chi connectivity index (χ0n) is 16.2. The number of amides is 1. The van der Waals surface area contributed by atoms with E-state index in [2.05, 4.69) is 18.7 Å². The van der Waals surface area contributed by atoms with E-state index in [1.807, 2.05) is 7.05 Å². The van der Waals surface area contributed by atoms with Gasteiger partial charge in [0.05, 0.1) is 0 Å². The van der Waals surface area contributed by atoms with E-state index < -0.39 is 0 Å². The molecule has 4 fully saturated rings. The van der Waals surface area contributed by atoms with Crippen LogP contribution in [0.25, 0.3) is 0 Å². The fourth-order valence-corrected chi connectivity index (χ4v) is 7.50. The minimum Gasteiger partial charge on any atom is -0.462 e. The van der Waals surface area contributed by atoms with Crippen LogP contribution in [0.2, 0.25) is 0 Å². The Morgan fingerprint density at radius 2 is 1.76 bits per heavy atom. The molecule has 0 aromatic rings. The lowest BCUT2D eigenvalue weighted by molar-refractivity contribution is -0.167. The average Bonchev–Trinajstić information content (AvgIpc) is 2.88. The third kappa shape index (κ3) is 2.39. The van der Waals surface area contributed by atoms with Crippen molar-refractivity contribution < 1.29 is 14.3 Å². The number of fused-ring (bicyclic) bond motifs is 5. The van der Waals surface area contributed by atoms with Gasteiger partial charge in [-0.2, -0.15) is 0 Å². The number of ether oxygens (including phenoxy) is 1. The van der Waals surface area contributed by atoms with E-state index in [0.29, 0.717) is 24.3 Å². The quantitative estimate of drug-likeness (QED) is 0.678. The van der Waals surface area contributed by atoms with Crippen molar-refractivity contribution in [3.63, 3.8) is 0 Å².